The normalized spacial score (nSPS) is 11.4. The maximum atomic E-state index is 13.0. The second-order valence-corrected chi connectivity index (χ2v) is 4.85. The predicted octanol–water partition coefficient (Wildman–Crippen LogP) is 1.20. The Kier molecular flexibility index (Phi) is 2.72. The van der Waals surface area contributed by atoms with Crippen LogP contribution in [0.1, 0.15) is 0 Å². The lowest BCUT2D eigenvalue weighted by Crippen LogP contribution is -2.14. The Hall–Kier alpha value is -2.09. The summed E-state index contributed by atoms with van der Waals surface area (Å²) in [5.41, 5.74) is 5.57. The van der Waals surface area contributed by atoms with Gasteiger partial charge >= 0.3 is 0 Å². The standard InChI is InChI=1S/C9H8FN3O3S/c10-6-1-2-8(11)9(3-6)17(14,15)13-7-4-12-16-5-7/h1-5,13H,11H2. The monoisotopic (exact) mass is 257 g/mol. The first kappa shape index (κ1) is 11.4. The van der Waals surface area contributed by atoms with Gasteiger partial charge in [-0.2, -0.15) is 0 Å². The van der Waals surface area contributed by atoms with Gasteiger partial charge in [-0.15, -0.1) is 0 Å². The molecule has 0 saturated heterocycles. The van der Waals surface area contributed by atoms with E-state index in [1.54, 1.807) is 0 Å². The van der Waals surface area contributed by atoms with Gasteiger partial charge in [-0.25, -0.2) is 12.8 Å². The van der Waals surface area contributed by atoms with Gasteiger partial charge in [0, 0.05) is 0 Å². The Morgan fingerprint density at radius 2 is 2.18 bits per heavy atom. The number of rotatable bonds is 3. The van der Waals surface area contributed by atoms with Crippen LogP contribution in [0.15, 0.2) is 40.1 Å². The van der Waals surface area contributed by atoms with Crippen LogP contribution in [0.3, 0.4) is 0 Å². The van der Waals surface area contributed by atoms with Crippen molar-refractivity contribution in [3.63, 3.8) is 0 Å². The van der Waals surface area contributed by atoms with Crippen molar-refractivity contribution in [2.75, 3.05) is 10.5 Å². The van der Waals surface area contributed by atoms with E-state index in [4.69, 9.17) is 5.73 Å². The molecule has 0 atom stereocenters. The van der Waals surface area contributed by atoms with Gasteiger partial charge in [0.25, 0.3) is 10.0 Å². The molecule has 8 heteroatoms. The third-order valence-corrected chi connectivity index (χ3v) is 3.39. The molecule has 0 aliphatic carbocycles. The van der Waals surface area contributed by atoms with Crippen molar-refractivity contribution in [1.29, 1.82) is 0 Å². The highest BCUT2D eigenvalue weighted by Gasteiger charge is 2.19. The lowest BCUT2D eigenvalue weighted by molar-refractivity contribution is 0.420. The number of anilines is 2. The fourth-order valence-electron chi connectivity index (χ4n) is 1.21. The van der Waals surface area contributed by atoms with Gasteiger partial charge in [-0.05, 0) is 18.2 Å². The van der Waals surface area contributed by atoms with E-state index in [-0.39, 0.29) is 16.3 Å². The minimum absolute atomic E-state index is 0.0460. The zero-order valence-electron chi connectivity index (χ0n) is 8.42. The first-order valence-electron chi connectivity index (χ1n) is 4.46. The van der Waals surface area contributed by atoms with E-state index in [1.807, 2.05) is 0 Å². The molecule has 90 valence electrons. The molecule has 2 aromatic rings. The molecule has 0 radical (unpaired) electrons. The Morgan fingerprint density at radius 1 is 1.41 bits per heavy atom. The maximum absolute atomic E-state index is 13.0. The van der Waals surface area contributed by atoms with Crippen LogP contribution in [-0.4, -0.2) is 13.6 Å². The Bertz CT molecular complexity index is 625. The minimum atomic E-state index is -3.95. The van der Waals surface area contributed by atoms with Crippen molar-refractivity contribution < 1.29 is 17.3 Å². The van der Waals surface area contributed by atoms with Crippen molar-refractivity contribution in [2.45, 2.75) is 4.90 Å². The first-order valence-corrected chi connectivity index (χ1v) is 5.94. The molecule has 1 aromatic heterocycles. The molecule has 0 aliphatic heterocycles. The fraction of sp³-hybridized carbons (Fsp3) is 0. The Labute approximate surface area is 96.3 Å². The highest BCUT2D eigenvalue weighted by Crippen LogP contribution is 2.22. The van der Waals surface area contributed by atoms with Crippen LogP contribution < -0.4 is 10.5 Å². The third-order valence-electron chi connectivity index (χ3n) is 1.95. The van der Waals surface area contributed by atoms with E-state index in [9.17, 15) is 12.8 Å². The number of halogens is 1. The SMILES string of the molecule is Nc1ccc(F)cc1S(=O)(=O)Nc1cnoc1. The molecular formula is C9H8FN3O3S. The summed E-state index contributed by atoms with van der Waals surface area (Å²) < 4.78 is 43.3. The number of nitrogen functional groups attached to an aromatic ring is 1. The summed E-state index contributed by atoms with van der Waals surface area (Å²) in [6.45, 7) is 0. The van der Waals surface area contributed by atoms with Gasteiger partial charge in [-0.1, -0.05) is 5.16 Å². The maximum Gasteiger partial charge on any atom is 0.264 e. The van der Waals surface area contributed by atoms with Crippen molar-refractivity contribution in [3.05, 3.63) is 36.5 Å². The van der Waals surface area contributed by atoms with Crippen LogP contribution in [0.25, 0.3) is 0 Å². The molecule has 0 amide bonds. The molecule has 17 heavy (non-hydrogen) atoms. The lowest BCUT2D eigenvalue weighted by atomic mass is 10.3. The van der Waals surface area contributed by atoms with E-state index in [1.165, 1.54) is 12.3 Å². The number of benzene rings is 1. The van der Waals surface area contributed by atoms with Crippen molar-refractivity contribution in [3.8, 4) is 0 Å². The molecule has 3 N–H and O–H groups in total. The van der Waals surface area contributed by atoms with Gasteiger partial charge in [0.1, 0.15) is 22.7 Å². The third kappa shape index (κ3) is 2.36. The topological polar surface area (TPSA) is 98.2 Å². The smallest absolute Gasteiger partial charge is 0.264 e. The van der Waals surface area contributed by atoms with Gasteiger partial charge in [0.15, 0.2) is 0 Å². The number of sulfonamides is 1. The largest absolute Gasteiger partial charge is 0.398 e. The molecule has 0 aliphatic rings. The van der Waals surface area contributed by atoms with Crippen LogP contribution in [-0.2, 0) is 10.0 Å². The molecule has 6 nitrogen and oxygen atoms in total. The number of nitrogens with zero attached hydrogens (tertiary/aromatic N) is 1. The lowest BCUT2D eigenvalue weighted by Gasteiger charge is -2.07. The first-order chi connectivity index (χ1) is 7.99. The zero-order valence-corrected chi connectivity index (χ0v) is 9.24. The summed E-state index contributed by atoms with van der Waals surface area (Å²) in [5, 5.41) is 3.33. The second kappa shape index (κ2) is 4.06. The highest BCUT2D eigenvalue weighted by molar-refractivity contribution is 7.92. The van der Waals surface area contributed by atoms with Crippen LogP contribution in [0, 0.1) is 5.82 Å². The van der Waals surface area contributed by atoms with Crippen molar-refractivity contribution in [2.24, 2.45) is 0 Å². The fourth-order valence-corrected chi connectivity index (χ4v) is 2.37. The van der Waals surface area contributed by atoms with Crippen LogP contribution in [0.5, 0.6) is 0 Å². The number of nitrogens with one attached hydrogen (secondary N) is 1. The quantitative estimate of drug-likeness (QED) is 0.805. The number of nitrogens with two attached hydrogens (primary N) is 1. The van der Waals surface area contributed by atoms with Gasteiger partial charge < -0.3 is 10.3 Å². The number of hydrogen-bond donors (Lipinski definition) is 2. The molecule has 1 heterocycles. The second-order valence-electron chi connectivity index (χ2n) is 3.20. The summed E-state index contributed by atoms with van der Waals surface area (Å²) in [4.78, 5) is -0.335. The van der Waals surface area contributed by atoms with Gasteiger partial charge in [0.05, 0.1) is 11.9 Å². The highest BCUT2D eigenvalue weighted by atomic mass is 32.2. The molecule has 2 rings (SSSR count). The molecule has 1 aromatic carbocycles. The Balaban J connectivity index is 2.41. The molecular weight excluding hydrogens is 249 g/mol. The van der Waals surface area contributed by atoms with Gasteiger partial charge in [-0.3, -0.25) is 4.72 Å². The average Bonchev–Trinajstić information content (AvgIpc) is 2.73. The molecule has 0 unspecified atom stereocenters. The van der Waals surface area contributed by atoms with Crippen molar-refractivity contribution in [1.82, 2.24) is 5.16 Å². The van der Waals surface area contributed by atoms with Crippen molar-refractivity contribution >= 4 is 21.4 Å². The van der Waals surface area contributed by atoms with E-state index in [0.29, 0.717) is 0 Å². The van der Waals surface area contributed by atoms with E-state index in [0.717, 1.165) is 18.4 Å². The Morgan fingerprint density at radius 3 is 2.82 bits per heavy atom. The number of aromatic nitrogens is 1. The summed E-state index contributed by atoms with van der Waals surface area (Å²) in [7, 11) is -3.95. The van der Waals surface area contributed by atoms with E-state index >= 15 is 0 Å². The zero-order chi connectivity index (χ0) is 12.5. The molecule has 0 spiro atoms. The summed E-state index contributed by atoms with van der Waals surface area (Å²) in [6.07, 6.45) is 2.28. The van der Waals surface area contributed by atoms with E-state index in [2.05, 4.69) is 14.4 Å². The van der Waals surface area contributed by atoms with Crippen LogP contribution in [0.2, 0.25) is 0 Å². The summed E-state index contributed by atoms with van der Waals surface area (Å²) in [5.74, 6) is -0.690. The molecule has 0 saturated carbocycles. The minimum Gasteiger partial charge on any atom is -0.398 e. The van der Waals surface area contributed by atoms with Crippen LogP contribution in [0.4, 0.5) is 15.8 Å². The van der Waals surface area contributed by atoms with Crippen LogP contribution >= 0.6 is 0 Å². The predicted molar refractivity (Wildman–Crippen MR) is 58.1 cm³/mol. The molecule has 0 bridgehead atoms. The average molecular weight is 257 g/mol. The summed E-state index contributed by atoms with van der Waals surface area (Å²) in [6, 6.07) is 3.09. The van der Waals surface area contributed by atoms with Gasteiger partial charge in [0.2, 0.25) is 0 Å². The van der Waals surface area contributed by atoms with E-state index < -0.39 is 15.8 Å². The molecule has 0 fully saturated rings. The summed E-state index contributed by atoms with van der Waals surface area (Å²) >= 11 is 0. The number of hydrogen-bond acceptors (Lipinski definition) is 5.